The van der Waals surface area contributed by atoms with Gasteiger partial charge in [-0.2, -0.15) is 0 Å². The fraction of sp³-hybridized carbons (Fsp3) is 0.562. The van der Waals surface area contributed by atoms with Gasteiger partial charge in [0.15, 0.2) is 0 Å². The summed E-state index contributed by atoms with van der Waals surface area (Å²) in [6.45, 7) is 2.12. The van der Waals surface area contributed by atoms with Crippen LogP contribution in [0.1, 0.15) is 36.0 Å². The summed E-state index contributed by atoms with van der Waals surface area (Å²) in [7, 11) is 0. The molecule has 0 unspecified atom stereocenters. The first-order chi connectivity index (χ1) is 10.3. The zero-order valence-corrected chi connectivity index (χ0v) is 12.3. The highest BCUT2D eigenvalue weighted by atomic mass is 16.3. The summed E-state index contributed by atoms with van der Waals surface area (Å²) in [5, 5.41) is 16.0. The number of rotatable bonds is 4. The minimum atomic E-state index is 0.0168. The number of anilines is 2. The number of nitrogens with one attached hydrogen (secondary N) is 2. The highest BCUT2D eigenvalue weighted by molar-refractivity contribution is 6.03. The van der Waals surface area contributed by atoms with E-state index in [9.17, 15) is 9.90 Å². The SMILES string of the molecule is O=C(c1cccc2c1NCCN2)N(CCO)C1CCCC1. The Labute approximate surface area is 125 Å². The van der Waals surface area contributed by atoms with Crippen LogP contribution in [-0.4, -0.2) is 48.2 Å². The first-order valence-corrected chi connectivity index (χ1v) is 7.84. The standard InChI is InChI=1S/C16H23N3O2/c20-11-10-19(12-4-1-2-5-12)16(21)13-6-3-7-14-15(13)18-9-8-17-14/h3,6-7,12,17-18,20H,1-2,4-5,8-11H2. The number of hydrogen-bond acceptors (Lipinski definition) is 4. The van der Waals surface area contributed by atoms with E-state index in [1.54, 1.807) is 0 Å². The zero-order chi connectivity index (χ0) is 14.7. The summed E-state index contributed by atoms with van der Waals surface area (Å²) in [4.78, 5) is 14.8. The largest absolute Gasteiger partial charge is 0.395 e. The van der Waals surface area contributed by atoms with Gasteiger partial charge in [-0.25, -0.2) is 0 Å². The molecule has 0 bridgehead atoms. The fourth-order valence-electron chi connectivity index (χ4n) is 3.38. The van der Waals surface area contributed by atoms with Gasteiger partial charge in [-0.05, 0) is 25.0 Å². The Balaban J connectivity index is 1.88. The molecule has 1 aromatic carbocycles. The smallest absolute Gasteiger partial charge is 0.256 e. The molecule has 0 atom stereocenters. The quantitative estimate of drug-likeness (QED) is 0.792. The monoisotopic (exact) mass is 289 g/mol. The Morgan fingerprint density at radius 1 is 1.24 bits per heavy atom. The Morgan fingerprint density at radius 3 is 2.76 bits per heavy atom. The molecule has 1 aliphatic heterocycles. The van der Waals surface area contributed by atoms with Crippen molar-refractivity contribution >= 4 is 17.3 Å². The van der Waals surface area contributed by atoms with Crippen LogP contribution < -0.4 is 10.6 Å². The van der Waals surface area contributed by atoms with Crippen molar-refractivity contribution in [2.24, 2.45) is 0 Å². The van der Waals surface area contributed by atoms with Crippen LogP contribution in [0, 0.1) is 0 Å². The molecule has 0 radical (unpaired) electrons. The number of amides is 1. The van der Waals surface area contributed by atoms with E-state index in [1.807, 2.05) is 23.1 Å². The van der Waals surface area contributed by atoms with E-state index in [1.165, 1.54) is 12.8 Å². The van der Waals surface area contributed by atoms with Crippen LogP contribution in [0.3, 0.4) is 0 Å². The molecule has 2 aliphatic rings. The number of fused-ring (bicyclic) bond motifs is 1. The molecule has 5 heteroatoms. The van der Waals surface area contributed by atoms with Gasteiger partial charge >= 0.3 is 0 Å². The van der Waals surface area contributed by atoms with Gasteiger partial charge in [0.1, 0.15) is 0 Å². The lowest BCUT2D eigenvalue weighted by Gasteiger charge is -2.30. The second kappa shape index (κ2) is 6.35. The van der Waals surface area contributed by atoms with E-state index in [0.717, 1.165) is 37.3 Å². The lowest BCUT2D eigenvalue weighted by Crippen LogP contribution is -2.41. The maximum Gasteiger partial charge on any atom is 0.256 e. The summed E-state index contributed by atoms with van der Waals surface area (Å²) in [5.74, 6) is 0.0315. The van der Waals surface area contributed by atoms with E-state index in [0.29, 0.717) is 12.1 Å². The molecule has 5 nitrogen and oxygen atoms in total. The van der Waals surface area contributed by atoms with Crippen LogP contribution in [0.5, 0.6) is 0 Å². The summed E-state index contributed by atoms with van der Waals surface area (Å²) in [6, 6.07) is 6.06. The molecule has 1 saturated carbocycles. The Bertz CT molecular complexity index is 512. The number of carbonyl (C=O) groups is 1. The van der Waals surface area contributed by atoms with Crippen LogP contribution in [0.15, 0.2) is 18.2 Å². The van der Waals surface area contributed by atoms with Crippen LogP contribution >= 0.6 is 0 Å². The lowest BCUT2D eigenvalue weighted by molar-refractivity contribution is 0.0639. The van der Waals surface area contributed by atoms with Crippen LogP contribution in [0.4, 0.5) is 11.4 Å². The maximum absolute atomic E-state index is 12.9. The molecule has 3 rings (SSSR count). The first-order valence-electron chi connectivity index (χ1n) is 7.84. The van der Waals surface area contributed by atoms with Crippen molar-refractivity contribution in [1.29, 1.82) is 0 Å². The predicted molar refractivity (Wildman–Crippen MR) is 83.8 cm³/mol. The van der Waals surface area contributed by atoms with Crippen LogP contribution in [0.25, 0.3) is 0 Å². The Kier molecular flexibility index (Phi) is 4.29. The third-order valence-electron chi connectivity index (χ3n) is 4.40. The van der Waals surface area contributed by atoms with Crippen molar-refractivity contribution < 1.29 is 9.90 Å². The minimum absolute atomic E-state index is 0.0168. The Morgan fingerprint density at radius 2 is 2.00 bits per heavy atom. The molecule has 0 saturated heterocycles. The van der Waals surface area contributed by atoms with E-state index < -0.39 is 0 Å². The van der Waals surface area contributed by atoms with Gasteiger partial charge in [-0.3, -0.25) is 4.79 Å². The number of para-hydroxylation sites is 1. The maximum atomic E-state index is 12.9. The molecule has 3 N–H and O–H groups in total. The highest BCUT2D eigenvalue weighted by Crippen LogP contribution is 2.31. The van der Waals surface area contributed by atoms with Crippen molar-refractivity contribution in [2.75, 3.05) is 36.9 Å². The topological polar surface area (TPSA) is 64.6 Å². The molecule has 0 aromatic heterocycles. The summed E-state index contributed by atoms with van der Waals surface area (Å²) < 4.78 is 0. The first kappa shape index (κ1) is 14.2. The number of aliphatic hydroxyl groups excluding tert-OH is 1. The molecule has 1 heterocycles. The normalized spacial score (nSPS) is 17.8. The molecule has 1 amide bonds. The molecule has 21 heavy (non-hydrogen) atoms. The molecule has 1 aromatic rings. The van der Waals surface area contributed by atoms with E-state index >= 15 is 0 Å². The van der Waals surface area contributed by atoms with Crippen molar-refractivity contribution in [1.82, 2.24) is 4.90 Å². The van der Waals surface area contributed by atoms with Gasteiger partial charge in [-0.15, -0.1) is 0 Å². The van der Waals surface area contributed by atoms with Crippen molar-refractivity contribution in [3.8, 4) is 0 Å². The van der Waals surface area contributed by atoms with Crippen LogP contribution in [0.2, 0.25) is 0 Å². The number of benzene rings is 1. The number of nitrogens with zero attached hydrogens (tertiary/aromatic N) is 1. The second-order valence-corrected chi connectivity index (χ2v) is 5.74. The molecule has 114 valence electrons. The summed E-state index contributed by atoms with van der Waals surface area (Å²) in [6.07, 6.45) is 4.44. The molecule has 1 fully saturated rings. The van der Waals surface area contributed by atoms with Gasteiger partial charge in [0.25, 0.3) is 5.91 Å². The number of aliphatic hydroxyl groups is 1. The van der Waals surface area contributed by atoms with Crippen LogP contribution in [-0.2, 0) is 0 Å². The van der Waals surface area contributed by atoms with Gasteiger partial charge in [0, 0.05) is 25.7 Å². The van der Waals surface area contributed by atoms with Crippen molar-refractivity contribution in [2.45, 2.75) is 31.7 Å². The van der Waals surface area contributed by atoms with E-state index in [2.05, 4.69) is 10.6 Å². The van der Waals surface area contributed by atoms with Crippen molar-refractivity contribution in [3.63, 3.8) is 0 Å². The zero-order valence-electron chi connectivity index (χ0n) is 12.3. The second-order valence-electron chi connectivity index (χ2n) is 5.74. The Hall–Kier alpha value is -1.75. The van der Waals surface area contributed by atoms with Gasteiger partial charge < -0.3 is 20.6 Å². The van der Waals surface area contributed by atoms with E-state index in [-0.39, 0.29) is 18.6 Å². The number of carbonyl (C=O) groups excluding carboxylic acids is 1. The lowest BCUT2D eigenvalue weighted by atomic mass is 10.1. The summed E-state index contributed by atoms with van der Waals surface area (Å²) in [5.41, 5.74) is 2.59. The predicted octanol–water partition coefficient (Wildman–Crippen LogP) is 1.90. The van der Waals surface area contributed by atoms with Gasteiger partial charge in [0.05, 0.1) is 23.5 Å². The molecule has 1 aliphatic carbocycles. The average molecular weight is 289 g/mol. The van der Waals surface area contributed by atoms with Gasteiger partial charge in [0.2, 0.25) is 0 Å². The molecular formula is C16H23N3O2. The van der Waals surface area contributed by atoms with Crippen molar-refractivity contribution in [3.05, 3.63) is 23.8 Å². The number of hydrogen-bond donors (Lipinski definition) is 3. The summed E-state index contributed by atoms with van der Waals surface area (Å²) >= 11 is 0. The molecule has 0 spiro atoms. The van der Waals surface area contributed by atoms with E-state index in [4.69, 9.17) is 0 Å². The average Bonchev–Trinajstić information content (AvgIpc) is 3.05. The van der Waals surface area contributed by atoms with Gasteiger partial charge in [-0.1, -0.05) is 18.9 Å². The highest BCUT2D eigenvalue weighted by Gasteiger charge is 2.29. The third-order valence-corrected chi connectivity index (χ3v) is 4.40. The fourth-order valence-corrected chi connectivity index (χ4v) is 3.38. The minimum Gasteiger partial charge on any atom is -0.395 e. The third kappa shape index (κ3) is 2.83. The molecular weight excluding hydrogens is 266 g/mol.